The number of aromatic nitrogens is 2. The van der Waals surface area contributed by atoms with Crippen molar-refractivity contribution in [2.75, 3.05) is 26.7 Å². The molecule has 0 radical (unpaired) electrons. The Bertz CT molecular complexity index is 652. The largest absolute Gasteiger partial charge is 0.338 e. The van der Waals surface area contributed by atoms with Crippen LogP contribution in [-0.2, 0) is 6.42 Å². The quantitative estimate of drug-likeness (QED) is 0.922. The minimum Gasteiger partial charge on any atom is -0.338 e. The lowest BCUT2D eigenvalue weighted by molar-refractivity contribution is 0.0787. The highest BCUT2D eigenvalue weighted by Crippen LogP contribution is 2.22. The van der Waals surface area contributed by atoms with E-state index in [0.717, 1.165) is 43.6 Å². The summed E-state index contributed by atoms with van der Waals surface area (Å²) in [6.07, 6.45) is 3.40. The van der Waals surface area contributed by atoms with Crippen molar-refractivity contribution in [1.82, 2.24) is 20.4 Å². The molecule has 0 aromatic carbocycles. The fourth-order valence-corrected chi connectivity index (χ4v) is 2.91. The maximum absolute atomic E-state index is 12.6. The smallest absolute Gasteiger partial charge is 0.257 e. The predicted octanol–water partition coefficient (Wildman–Crippen LogP) is 1.47. The summed E-state index contributed by atoms with van der Waals surface area (Å²) in [6, 6.07) is 1.85. The summed E-state index contributed by atoms with van der Waals surface area (Å²) in [7, 11) is 1.94. The summed E-state index contributed by atoms with van der Waals surface area (Å²) >= 11 is 0. The van der Waals surface area contributed by atoms with Gasteiger partial charge >= 0.3 is 0 Å². The Labute approximate surface area is 123 Å². The molecule has 2 aromatic rings. The molecule has 1 saturated heterocycles. The molecule has 0 unspecified atom stereocenters. The first-order valence-electron chi connectivity index (χ1n) is 7.41. The Morgan fingerprint density at radius 1 is 1.57 bits per heavy atom. The van der Waals surface area contributed by atoms with E-state index in [4.69, 9.17) is 4.52 Å². The number of carbonyl (C=O) groups excluding carboxylic acids is 1. The molecule has 1 aliphatic rings. The zero-order valence-corrected chi connectivity index (χ0v) is 12.4. The predicted molar refractivity (Wildman–Crippen MR) is 79.1 cm³/mol. The van der Waals surface area contributed by atoms with Gasteiger partial charge in [-0.3, -0.25) is 4.79 Å². The minimum absolute atomic E-state index is 0.0475. The van der Waals surface area contributed by atoms with E-state index < -0.39 is 0 Å². The van der Waals surface area contributed by atoms with E-state index in [2.05, 4.69) is 15.5 Å². The number of amides is 1. The second-order valence-corrected chi connectivity index (χ2v) is 5.52. The SMILES string of the molecule is CCc1noc2ncc(C(=O)N3CC[C@@H](CNC)C3)cc12. The van der Waals surface area contributed by atoms with Crippen LogP contribution >= 0.6 is 0 Å². The van der Waals surface area contributed by atoms with Gasteiger partial charge in [-0.2, -0.15) is 0 Å². The van der Waals surface area contributed by atoms with Gasteiger partial charge in [-0.15, -0.1) is 0 Å². The molecule has 112 valence electrons. The van der Waals surface area contributed by atoms with Crippen molar-refractivity contribution in [3.63, 3.8) is 0 Å². The third kappa shape index (κ3) is 2.63. The Morgan fingerprint density at radius 2 is 2.43 bits per heavy atom. The van der Waals surface area contributed by atoms with Gasteiger partial charge in [-0.25, -0.2) is 4.98 Å². The molecule has 0 bridgehead atoms. The third-order valence-corrected chi connectivity index (χ3v) is 4.05. The number of nitrogens with zero attached hydrogens (tertiary/aromatic N) is 3. The number of nitrogens with one attached hydrogen (secondary N) is 1. The van der Waals surface area contributed by atoms with Gasteiger partial charge in [0.25, 0.3) is 11.6 Å². The fraction of sp³-hybridized carbons (Fsp3) is 0.533. The van der Waals surface area contributed by atoms with Crippen LogP contribution in [-0.4, -0.2) is 47.6 Å². The summed E-state index contributed by atoms with van der Waals surface area (Å²) in [5.41, 5.74) is 1.96. The van der Waals surface area contributed by atoms with E-state index in [9.17, 15) is 4.79 Å². The fourth-order valence-electron chi connectivity index (χ4n) is 2.91. The molecule has 0 saturated carbocycles. The first-order valence-corrected chi connectivity index (χ1v) is 7.41. The second-order valence-electron chi connectivity index (χ2n) is 5.52. The lowest BCUT2D eigenvalue weighted by Gasteiger charge is -2.16. The minimum atomic E-state index is 0.0475. The normalized spacial score (nSPS) is 18.6. The molecule has 1 aliphatic heterocycles. The molecule has 0 spiro atoms. The number of carbonyl (C=O) groups is 1. The van der Waals surface area contributed by atoms with Crippen LogP contribution in [0.25, 0.3) is 11.1 Å². The van der Waals surface area contributed by atoms with Gasteiger partial charge in [-0.05, 0) is 38.4 Å². The molecule has 21 heavy (non-hydrogen) atoms. The number of fused-ring (bicyclic) bond motifs is 1. The van der Waals surface area contributed by atoms with Crippen molar-refractivity contribution in [2.45, 2.75) is 19.8 Å². The third-order valence-electron chi connectivity index (χ3n) is 4.05. The highest BCUT2D eigenvalue weighted by molar-refractivity contribution is 5.97. The molecule has 1 fully saturated rings. The standard InChI is InChI=1S/C15H20N4O2/c1-3-13-12-6-11(8-17-14(12)21-18-13)15(20)19-5-4-10(9-19)7-16-2/h6,8,10,16H,3-5,7,9H2,1-2H3/t10-/m0/s1. The zero-order valence-electron chi connectivity index (χ0n) is 12.4. The van der Waals surface area contributed by atoms with E-state index in [1.54, 1.807) is 6.20 Å². The Balaban J connectivity index is 1.81. The van der Waals surface area contributed by atoms with E-state index >= 15 is 0 Å². The molecule has 0 aliphatic carbocycles. The lowest BCUT2D eigenvalue weighted by atomic mass is 10.1. The molecule has 6 nitrogen and oxygen atoms in total. The van der Waals surface area contributed by atoms with Gasteiger partial charge in [0.2, 0.25) is 0 Å². The second kappa shape index (κ2) is 5.81. The van der Waals surface area contributed by atoms with Gasteiger partial charge in [0.05, 0.1) is 16.6 Å². The van der Waals surface area contributed by atoms with Crippen LogP contribution in [0.3, 0.4) is 0 Å². The van der Waals surface area contributed by atoms with Crippen LogP contribution in [0, 0.1) is 5.92 Å². The number of hydrogen-bond donors (Lipinski definition) is 1. The van der Waals surface area contributed by atoms with Crippen LogP contribution in [0.2, 0.25) is 0 Å². The molecule has 6 heteroatoms. The first kappa shape index (κ1) is 14.0. The van der Waals surface area contributed by atoms with Crippen LogP contribution in [0.15, 0.2) is 16.8 Å². The number of hydrogen-bond acceptors (Lipinski definition) is 5. The van der Waals surface area contributed by atoms with Crippen LogP contribution in [0.4, 0.5) is 0 Å². The van der Waals surface area contributed by atoms with Crippen LogP contribution in [0.5, 0.6) is 0 Å². The van der Waals surface area contributed by atoms with Crippen molar-refractivity contribution in [2.24, 2.45) is 5.92 Å². The Kier molecular flexibility index (Phi) is 3.88. The van der Waals surface area contributed by atoms with Crippen molar-refractivity contribution in [3.05, 3.63) is 23.5 Å². The zero-order chi connectivity index (χ0) is 14.8. The van der Waals surface area contributed by atoms with E-state index in [0.29, 0.717) is 17.2 Å². The van der Waals surface area contributed by atoms with E-state index in [1.807, 2.05) is 24.9 Å². The lowest BCUT2D eigenvalue weighted by Crippen LogP contribution is -2.30. The molecular weight excluding hydrogens is 268 g/mol. The van der Waals surface area contributed by atoms with Gasteiger partial charge in [-0.1, -0.05) is 12.1 Å². The molecule has 1 atom stereocenters. The van der Waals surface area contributed by atoms with E-state index in [1.165, 1.54) is 0 Å². The Hall–Kier alpha value is -1.95. The molecular formula is C15H20N4O2. The summed E-state index contributed by atoms with van der Waals surface area (Å²) in [5, 5.41) is 7.99. The summed E-state index contributed by atoms with van der Waals surface area (Å²) < 4.78 is 5.15. The maximum atomic E-state index is 12.6. The summed E-state index contributed by atoms with van der Waals surface area (Å²) in [4.78, 5) is 18.7. The highest BCUT2D eigenvalue weighted by atomic mass is 16.5. The molecule has 3 rings (SSSR count). The molecule has 3 heterocycles. The number of rotatable bonds is 4. The Morgan fingerprint density at radius 3 is 3.19 bits per heavy atom. The van der Waals surface area contributed by atoms with Gasteiger partial charge in [0, 0.05) is 19.3 Å². The number of aryl methyl sites for hydroxylation is 1. The van der Waals surface area contributed by atoms with Gasteiger partial charge in [0.15, 0.2) is 0 Å². The van der Waals surface area contributed by atoms with Crippen LogP contribution in [0.1, 0.15) is 29.4 Å². The van der Waals surface area contributed by atoms with Crippen molar-refractivity contribution >= 4 is 17.0 Å². The van der Waals surface area contributed by atoms with Crippen molar-refractivity contribution in [1.29, 1.82) is 0 Å². The molecule has 1 N–H and O–H groups in total. The average Bonchev–Trinajstić information content (AvgIpc) is 3.12. The van der Waals surface area contributed by atoms with Gasteiger partial charge < -0.3 is 14.7 Å². The number of likely N-dealkylation sites (tertiary alicyclic amines) is 1. The monoisotopic (exact) mass is 288 g/mol. The van der Waals surface area contributed by atoms with Crippen molar-refractivity contribution in [3.8, 4) is 0 Å². The molecule has 1 amide bonds. The van der Waals surface area contributed by atoms with Crippen molar-refractivity contribution < 1.29 is 9.32 Å². The average molecular weight is 288 g/mol. The molecule has 2 aromatic heterocycles. The van der Waals surface area contributed by atoms with E-state index in [-0.39, 0.29) is 5.91 Å². The summed E-state index contributed by atoms with van der Waals surface area (Å²) in [5.74, 6) is 0.587. The van der Waals surface area contributed by atoms with Crippen LogP contribution < -0.4 is 5.32 Å². The topological polar surface area (TPSA) is 71.3 Å². The van der Waals surface area contributed by atoms with Gasteiger partial charge in [0.1, 0.15) is 0 Å². The highest BCUT2D eigenvalue weighted by Gasteiger charge is 2.27. The summed E-state index contributed by atoms with van der Waals surface area (Å²) in [6.45, 7) is 4.58. The maximum Gasteiger partial charge on any atom is 0.257 e. The first-order chi connectivity index (χ1) is 10.2. The number of pyridine rings is 1.